The van der Waals surface area contributed by atoms with Crippen LogP contribution >= 0.6 is 0 Å². The number of carbonyl (C=O) groups excluding carboxylic acids is 1. The van der Waals surface area contributed by atoms with Crippen molar-refractivity contribution in [1.29, 1.82) is 0 Å². The molecular formula is C6H11NO. The topological polar surface area (TPSA) is 20.3 Å². The number of Topliss-reactive ketones (excluding diaryl/α,β-unsaturated/α-hetero) is 1. The van der Waals surface area contributed by atoms with Crippen LogP contribution in [0.4, 0.5) is 0 Å². The second-order valence-electron chi connectivity index (χ2n) is 2.37. The lowest BCUT2D eigenvalue weighted by Gasteiger charge is -2.10. The van der Waals surface area contributed by atoms with Gasteiger partial charge >= 0.3 is 0 Å². The Morgan fingerprint density at radius 3 is 2.50 bits per heavy atom. The van der Waals surface area contributed by atoms with E-state index in [1.807, 2.05) is 14.0 Å². The highest BCUT2D eigenvalue weighted by Crippen LogP contribution is 2.08. The largest absolute Gasteiger partial charge is 0.298 e. The van der Waals surface area contributed by atoms with E-state index in [0.717, 1.165) is 13.0 Å². The van der Waals surface area contributed by atoms with Gasteiger partial charge in [0, 0.05) is 13.0 Å². The highest BCUT2D eigenvalue weighted by atomic mass is 16.1. The maximum atomic E-state index is 10.7. The van der Waals surface area contributed by atoms with Crippen molar-refractivity contribution in [3.8, 4) is 0 Å². The molecule has 0 aromatic rings. The first-order valence-electron chi connectivity index (χ1n) is 2.95. The molecule has 1 atom stereocenters. The van der Waals surface area contributed by atoms with Gasteiger partial charge in [-0.3, -0.25) is 9.69 Å². The monoisotopic (exact) mass is 113 g/mol. The van der Waals surface area contributed by atoms with Gasteiger partial charge in [0.25, 0.3) is 0 Å². The third kappa shape index (κ3) is 0.757. The quantitative estimate of drug-likeness (QED) is 0.449. The van der Waals surface area contributed by atoms with Crippen molar-refractivity contribution in [2.45, 2.75) is 19.4 Å². The van der Waals surface area contributed by atoms with Crippen molar-refractivity contribution < 1.29 is 4.79 Å². The Balaban J connectivity index is 2.56. The predicted octanol–water partition coefficient (Wildman–Crippen LogP) is 0.280. The standard InChI is InChI=1S/C6H11NO/c1-5-6(8)3-4-7(5)2/h5H,3-4H2,1-2H3/t5-/m0/s1. The summed E-state index contributed by atoms with van der Waals surface area (Å²) in [5, 5.41) is 0. The molecule has 0 aliphatic carbocycles. The Kier molecular flexibility index (Phi) is 1.34. The Bertz CT molecular complexity index is 111. The Morgan fingerprint density at radius 1 is 1.75 bits per heavy atom. The van der Waals surface area contributed by atoms with Gasteiger partial charge in [-0.25, -0.2) is 0 Å². The summed E-state index contributed by atoms with van der Waals surface area (Å²) in [6, 6.07) is 0.176. The van der Waals surface area contributed by atoms with E-state index in [1.165, 1.54) is 0 Å². The molecule has 0 aromatic heterocycles. The van der Waals surface area contributed by atoms with Crippen LogP contribution in [0.1, 0.15) is 13.3 Å². The van der Waals surface area contributed by atoms with Crippen molar-refractivity contribution in [1.82, 2.24) is 4.90 Å². The van der Waals surface area contributed by atoms with E-state index in [4.69, 9.17) is 0 Å². The minimum Gasteiger partial charge on any atom is -0.298 e. The summed E-state index contributed by atoms with van der Waals surface area (Å²) in [5.74, 6) is 0.382. The first-order valence-corrected chi connectivity index (χ1v) is 2.95. The molecule has 0 N–H and O–H groups in total. The van der Waals surface area contributed by atoms with Gasteiger partial charge in [0.05, 0.1) is 6.04 Å². The molecule has 0 saturated carbocycles. The van der Waals surface area contributed by atoms with Crippen LogP contribution in [0.2, 0.25) is 0 Å². The number of ketones is 1. The highest BCUT2D eigenvalue weighted by molar-refractivity contribution is 5.85. The van der Waals surface area contributed by atoms with Crippen LogP contribution in [-0.2, 0) is 4.79 Å². The van der Waals surface area contributed by atoms with Gasteiger partial charge in [-0.1, -0.05) is 0 Å². The maximum absolute atomic E-state index is 10.7. The molecule has 0 amide bonds. The zero-order valence-electron chi connectivity index (χ0n) is 5.35. The molecule has 2 nitrogen and oxygen atoms in total. The van der Waals surface area contributed by atoms with Gasteiger partial charge in [0.2, 0.25) is 0 Å². The second-order valence-corrected chi connectivity index (χ2v) is 2.37. The normalized spacial score (nSPS) is 31.8. The van der Waals surface area contributed by atoms with E-state index in [-0.39, 0.29) is 6.04 Å². The van der Waals surface area contributed by atoms with Crippen molar-refractivity contribution in [3.05, 3.63) is 0 Å². The third-order valence-electron chi connectivity index (χ3n) is 1.84. The van der Waals surface area contributed by atoms with Crippen LogP contribution < -0.4 is 0 Å². The SMILES string of the molecule is C[C@H]1C(=O)CCN1C. The fraction of sp³-hybridized carbons (Fsp3) is 0.833. The highest BCUT2D eigenvalue weighted by Gasteiger charge is 2.24. The molecular weight excluding hydrogens is 102 g/mol. The molecule has 1 aliphatic rings. The molecule has 1 saturated heterocycles. The number of carbonyl (C=O) groups is 1. The van der Waals surface area contributed by atoms with Crippen molar-refractivity contribution in [3.63, 3.8) is 0 Å². The van der Waals surface area contributed by atoms with Gasteiger partial charge < -0.3 is 0 Å². The summed E-state index contributed by atoms with van der Waals surface area (Å²) in [7, 11) is 1.98. The van der Waals surface area contributed by atoms with E-state index in [9.17, 15) is 4.79 Å². The van der Waals surface area contributed by atoms with E-state index in [0.29, 0.717) is 5.78 Å². The number of nitrogens with zero attached hydrogens (tertiary/aromatic N) is 1. The molecule has 1 rings (SSSR count). The molecule has 1 heterocycles. The Labute approximate surface area is 49.5 Å². The van der Waals surface area contributed by atoms with E-state index >= 15 is 0 Å². The van der Waals surface area contributed by atoms with Crippen LogP contribution in [0.5, 0.6) is 0 Å². The molecule has 8 heavy (non-hydrogen) atoms. The fourth-order valence-electron chi connectivity index (χ4n) is 0.935. The fourth-order valence-corrected chi connectivity index (χ4v) is 0.935. The van der Waals surface area contributed by atoms with Crippen LogP contribution in [0, 0.1) is 0 Å². The number of likely N-dealkylation sites (N-methyl/N-ethyl adjacent to an activating group) is 1. The molecule has 0 spiro atoms. The van der Waals surface area contributed by atoms with E-state index < -0.39 is 0 Å². The zero-order valence-corrected chi connectivity index (χ0v) is 5.35. The first kappa shape index (κ1) is 5.76. The summed E-state index contributed by atoms with van der Waals surface area (Å²) in [6.07, 6.45) is 0.748. The van der Waals surface area contributed by atoms with Crippen LogP contribution in [0.3, 0.4) is 0 Å². The summed E-state index contributed by atoms with van der Waals surface area (Å²) in [6.45, 7) is 2.90. The van der Waals surface area contributed by atoms with Crippen molar-refractivity contribution in [2.24, 2.45) is 0 Å². The van der Waals surface area contributed by atoms with Crippen molar-refractivity contribution in [2.75, 3.05) is 13.6 Å². The summed E-state index contributed by atoms with van der Waals surface area (Å²) in [5.41, 5.74) is 0. The lowest BCUT2D eigenvalue weighted by atomic mass is 10.2. The lowest BCUT2D eigenvalue weighted by Crippen LogP contribution is -2.25. The smallest absolute Gasteiger partial charge is 0.150 e. The van der Waals surface area contributed by atoms with E-state index in [1.54, 1.807) is 0 Å². The molecule has 1 fully saturated rings. The predicted molar refractivity (Wildman–Crippen MR) is 31.7 cm³/mol. The van der Waals surface area contributed by atoms with Gasteiger partial charge in [0.1, 0.15) is 0 Å². The molecule has 1 aliphatic heterocycles. The molecule has 2 heteroatoms. The van der Waals surface area contributed by atoms with E-state index in [2.05, 4.69) is 4.90 Å². The summed E-state index contributed by atoms with van der Waals surface area (Å²) >= 11 is 0. The minimum absolute atomic E-state index is 0.176. The van der Waals surface area contributed by atoms with Crippen LogP contribution in [-0.4, -0.2) is 30.3 Å². The van der Waals surface area contributed by atoms with Crippen LogP contribution in [0.25, 0.3) is 0 Å². The average Bonchev–Trinajstić information content (AvgIpc) is 1.98. The number of hydrogen-bond acceptors (Lipinski definition) is 2. The number of rotatable bonds is 0. The summed E-state index contributed by atoms with van der Waals surface area (Å²) < 4.78 is 0. The van der Waals surface area contributed by atoms with Crippen molar-refractivity contribution >= 4 is 5.78 Å². The molecule has 0 radical (unpaired) electrons. The minimum atomic E-state index is 0.176. The summed E-state index contributed by atoms with van der Waals surface area (Å²) in [4.78, 5) is 12.8. The van der Waals surface area contributed by atoms with Gasteiger partial charge in [0.15, 0.2) is 5.78 Å². The van der Waals surface area contributed by atoms with Gasteiger partial charge in [-0.2, -0.15) is 0 Å². The molecule has 0 aromatic carbocycles. The zero-order chi connectivity index (χ0) is 6.15. The Morgan fingerprint density at radius 2 is 2.38 bits per heavy atom. The average molecular weight is 113 g/mol. The third-order valence-corrected chi connectivity index (χ3v) is 1.84. The lowest BCUT2D eigenvalue weighted by molar-refractivity contribution is -0.119. The first-order chi connectivity index (χ1) is 3.72. The maximum Gasteiger partial charge on any atom is 0.150 e. The van der Waals surface area contributed by atoms with Gasteiger partial charge in [-0.05, 0) is 14.0 Å². The number of hydrogen-bond donors (Lipinski definition) is 0. The molecule has 0 unspecified atom stereocenters. The van der Waals surface area contributed by atoms with Crippen LogP contribution in [0.15, 0.2) is 0 Å². The Hall–Kier alpha value is -0.370. The van der Waals surface area contributed by atoms with Gasteiger partial charge in [-0.15, -0.1) is 0 Å². The molecule has 0 bridgehead atoms. The number of likely N-dealkylation sites (tertiary alicyclic amines) is 1. The second kappa shape index (κ2) is 1.86. The molecule has 46 valence electrons.